The minimum atomic E-state index is -0.401. The van der Waals surface area contributed by atoms with Gasteiger partial charge in [0, 0.05) is 5.57 Å². The van der Waals surface area contributed by atoms with Crippen molar-refractivity contribution in [1.82, 2.24) is 10.5 Å². The van der Waals surface area contributed by atoms with E-state index in [4.69, 9.17) is 14.6 Å². The van der Waals surface area contributed by atoms with Crippen molar-refractivity contribution in [3.8, 4) is 5.75 Å². The number of allylic oxidation sites excluding steroid dienone is 1. The zero-order chi connectivity index (χ0) is 20.4. The zero-order valence-electron chi connectivity index (χ0n) is 16.6. The molecule has 0 radical (unpaired) electrons. The molecule has 4 rings (SSSR count). The summed E-state index contributed by atoms with van der Waals surface area (Å²) < 4.78 is 10.5. The van der Waals surface area contributed by atoms with Crippen molar-refractivity contribution in [2.75, 3.05) is 26.5 Å². The minimum Gasteiger partial charge on any atom is -0.497 e. The van der Waals surface area contributed by atoms with Crippen LogP contribution in [0, 0.1) is 5.92 Å². The summed E-state index contributed by atoms with van der Waals surface area (Å²) in [5.74, 6) is 0.178. The maximum Gasteiger partial charge on any atom is 0.315 e. The topological polar surface area (TPSA) is 87.9 Å². The van der Waals surface area contributed by atoms with Crippen LogP contribution in [-0.4, -0.2) is 54.0 Å². The Kier molecular flexibility index (Phi) is 5.57. The van der Waals surface area contributed by atoms with Gasteiger partial charge in [-0.25, -0.2) is 0 Å². The molecule has 0 aromatic heterocycles. The monoisotopic (exact) mass is 413 g/mol. The van der Waals surface area contributed by atoms with Gasteiger partial charge in [0.05, 0.1) is 32.5 Å². The van der Waals surface area contributed by atoms with Gasteiger partial charge < -0.3 is 9.47 Å². The fourth-order valence-corrected chi connectivity index (χ4v) is 4.28. The van der Waals surface area contributed by atoms with E-state index in [-0.39, 0.29) is 5.97 Å². The molecular formula is C20H23N5O3S. The van der Waals surface area contributed by atoms with Gasteiger partial charge in [0.2, 0.25) is 0 Å². The van der Waals surface area contributed by atoms with Crippen molar-refractivity contribution in [1.29, 1.82) is 0 Å². The summed E-state index contributed by atoms with van der Waals surface area (Å²) >= 11 is 1.53. The van der Waals surface area contributed by atoms with Gasteiger partial charge in [0.25, 0.3) is 0 Å². The Morgan fingerprint density at radius 2 is 2.10 bits per heavy atom. The van der Waals surface area contributed by atoms with Crippen LogP contribution in [0.2, 0.25) is 0 Å². The van der Waals surface area contributed by atoms with Crippen molar-refractivity contribution in [2.45, 2.75) is 19.9 Å². The number of carbonyl (C=O) groups is 1. The van der Waals surface area contributed by atoms with Crippen LogP contribution in [-0.2, 0) is 16.1 Å². The summed E-state index contributed by atoms with van der Waals surface area (Å²) in [5.41, 5.74) is 7.35. The molecule has 9 heteroatoms. The summed E-state index contributed by atoms with van der Waals surface area (Å²) in [7, 11) is 1.66. The molecule has 29 heavy (non-hydrogen) atoms. The fourth-order valence-electron chi connectivity index (χ4n) is 3.75. The number of hydrogen-bond donors (Lipinski definition) is 1. The standard InChI is InChI=1S/C20H23N5O3S/c1-4-28-20(26)15-9-13-11-25(10-12-5-7-14(27-2)8-6-12)23-19(29-3)18-16(13)17(15)21-24-22-18/h5-8,15,24H,4,9-11H2,1-3H3. The maximum atomic E-state index is 12.5. The highest BCUT2D eigenvalue weighted by Gasteiger charge is 2.43. The molecule has 0 fully saturated rings. The molecule has 1 aliphatic carbocycles. The summed E-state index contributed by atoms with van der Waals surface area (Å²) in [6, 6.07) is 7.95. The lowest BCUT2D eigenvalue weighted by molar-refractivity contribution is -0.145. The van der Waals surface area contributed by atoms with Gasteiger partial charge in [-0.2, -0.15) is 20.8 Å². The molecule has 1 N–H and O–H groups in total. The number of methoxy groups -OCH3 is 1. The summed E-state index contributed by atoms with van der Waals surface area (Å²) in [6.45, 7) is 3.42. The largest absolute Gasteiger partial charge is 0.497 e. The van der Waals surface area contributed by atoms with Crippen LogP contribution in [0.25, 0.3) is 0 Å². The van der Waals surface area contributed by atoms with Crippen molar-refractivity contribution >= 4 is 34.2 Å². The number of carbonyl (C=O) groups excluding carboxylic acids is 1. The van der Waals surface area contributed by atoms with E-state index in [1.807, 2.05) is 42.5 Å². The Bertz CT molecular complexity index is 936. The molecule has 0 saturated carbocycles. The highest BCUT2D eigenvalue weighted by molar-refractivity contribution is 8.15. The normalized spacial score (nSPS) is 20.2. The molecule has 2 aliphatic heterocycles. The average molecular weight is 414 g/mol. The average Bonchev–Trinajstić information content (AvgIpc) is 3.03. The molecule has 152 valence electrons. The van der Waals surface area contributed by atoms with E-state index in [2.05, 4.69) is 15.7 Å². The number of ether oxygens (including phenoxy) is 2. The zero-order valence-corrected chi connectivity index (χ0v) is 17.5. The lowest BCUT2D eigenvalue weighted by atomic mass is 10.0. The molecule has 0 bridgehead atoms. The summed E-state index contributed by atoms with van der Waals surface area (Å²) in [5, 5.41) is 16.4. The number of thioether (sulfide) groups is 1. The number of esters is 1. The molecule has 1 aromatic carbocycles. The van der Waals surface area contributed by atoms with Gasteiger partial charge in [-0.05, 0) is 42.9 Å². The van der Waals surface area contributed by atoms with Crippen molar-refractivity contribution in [3.05, 3.63) is 41.0 Å². The van der Waals surface area contributed by atoms with E-state index in [0.717, 1.165) is 33.2 Å². The van der Waals surface area contributed by atoms with E-state index < -0.39 is 5.92 Å². The van der Waals surface area contributed by atoms with Crippen molar-refractivity contribution < 1.29 is 14.3 Å². The van der Waals surface area contributed by atoms with E-state index in [9.17, 15) is 4.79 Å². The molecule has 1 unspecified atom stereocenters. The third-order valence-corrected chi connectivity index (χ3v) is 5.72. The Morgan fingerprint density at radius 1 is 1.31 bits per heavy atom. The third-order valence-electron chi connectivity index (χ3n) is 5.06. The van der Waals surface area contributed by atoms with Gasteiger partial charge in [0.1, 0.15) is 22.4 Å². The Morgan fingerprint density at radius 3 is 2.79 bits per heavy atom. The highest BCUT2D eigenvalue weighted by Crippen LogP contribution is 2.36. The molecular weight excluding hydrogens is 390 g/mol. The second-order valence-electron chi connectivity index (χ2n) is 6.82. The first kappa shape index (κ1) is 19.5. The predicted octanol–water partition coefficient (Wildman–Crippen LogP) is 2.38. The third kappa shape index (κ3) is 3.74. The van der Waals surface area contributed by atoms with E-state index in [1.54, 1.807) is 7.11 Å². The molecule has 8 nitrogen and oxygen atoms in total. The highest BCUT2D eigenvalue weighted by atomic mass is 32.2. The van der Waals surface area contributed by atoms with Gasteiger partial charge >= 0.3 is 5.97 Å². The van der Waals surface area contributed by atoms with Crippen LogP contribution in [0.1, 0.15) is 18.9 Å². The quantitative estimate of drug-likeness (QED) is 0.746. The van der Waals surface area contributed by atoms with Gasteiger partial charge in [-0.15, -0.1) is 11.8 Å². The Labute approximate surface area is 173 Å². The first-order valence-corrected chi connectivity index (χ1v) is 10.7. The Hall–Kier alpha value is -2.81. The van der Waals surface area contributed by atoms with E-state index in [1.165, 1.54) is 11.8 Å². The number of hydrogen-bond acceptors (Lipinski definition) is 9. The number of rotatable bonds is 5. The molecule has 0 amide bonds. The van der Waals surface area contributed by atoms with Crippen molar-refractivity contribution in [3.63, 3.8) is 0 Å². The second kappa shape index (κ2) is 8.28. The van der Waals surface area contributed by atoms with Crippen LogP contribution in [0.4, 0.5) is 0 Å². The van der Waals surface area contributed by atoms with Crippen LogP contribution in [0.3, 0.4) is 0 Å². The smallest absolute Gasteiger partial charge is 0.315 e. The van der Waals surface area contributed by atoms with Crippen LogP contribution >= 0.6 is 11.8 Å². The van der Waals surface area contributed by atoms with Crippen molar-refractivity contribution in [2.24, 2.45) is 21.2 Å². The molecule has 1 aromatic rings. The fraction of sp³-hybridized carbons (Fsp3) is 0.400. The number of hydrazone groups is 3. The molecule has 0 saturated heterocycles. The van der Waals surface area contributed by atoms with Crippen LogP contribution in [0.15, 0.2) is 50.7 Å². The molecule has 2 heterocycles. The summed E-state index contributed by atoms with van der Waals surface area (Å²) in [4.78, 5) is 12.5. The second-order valence-corrected chi connectivity index (χ2v) is 7.62. The predicted molar refractivity (Wildman–Crippen MR) is 114 cm³/mol. The van der Waals surface area contributed by atoms with E-state index >= 15 is 0 Å². The van der Waals surface area contributed by atoms with Crippen LogP contribution in [0.5, 0.6) is 5.75 Å². The number of benzene rings is 1. The van der Waals surface area contributed by atoms with Crippen LogP contribution < -0.4 is 10.3 Å². The first-order chi connectivity index (χ1) is 14.1. The maximum absolute atomic E-state index is 12.5. The van der Waals surface area contributed by atoms with Gasteiger partial charge in [-0.1, -0.05) is 12.1 Å². The van der Waals surface area contributed by atoms with E-state index in [0.29, 0.717) is 31.8 Å². The lowest BCUT2D eigenvalue weighted by Gasteiger charge is -2.21. The lowest BCUT2D eigenvalue weighted by Crippen LogP contribution is -2.32. The molecule has 3 aliphatic rings. The minimum absolute atomic E-state index is 0.244. The first-order valence-electron chi connectivity index (χ1n) is 9.45. The molecule has 1 atom stereocenters. The summed E-state index contributed by atoms with van der Waals surface area (Å²) in [6.07, 6.45) is 2.55. The SMILES string of the molecule is CCOC(=O)C1CC2=C3C(=NNN=C31)C(SC)=NN(Cc1ccc(OC)cc1)C2. The van der Waals surface area contributed by atoms with Gasteiger partial charge in [-0.3, -0.25) is 9.80 Å². The Balaban J connectivity index is 1.64. The number of nitrogens with zero attached hydrogens (tertiary/aromatic N) is 4. The van der Waals surface area contributed by atoms with Gasteiger partial charge in [0.15, 0.2) is 0 Å². The number of nitrogens with one attached hydrogen (secondary N) is 1. The molecule has 0 spiro atoms.